The second-order valence-electron chi connectivity index (χ2n) is 5.85. The lowest BCUT2D eigenvalue weighted by atomic mass is 9.99. The smallest absolute Gasteiger partial charge is 0.262 e. The van der Waals surface area contributed by atoms with Gasteiger partial charge in [-0.15, -0.1) is 0 Å². The lowest BCUT2D eigenvalue weighted by Crippen LogP contribution is -2.20. The van der Waals surface area contributed by atoms with Gasteiger partial charge in [-0.2, -0.15) is 0 Å². The van der Waals surface area contributed by atoms with Crippen LogP contribution >= 0.6 is 0 Å². The zero-order chi connectivity index (χ0) is 17.5. The van der Waals surface area contributed by atoms with E-state index in [0.717, 1.165) is 6.42 Å². The number of carbonyl (C=O) groups is 2. The lowest BCUT2D eigenvalue weighted by Gasteiger charge is -2.11. The fraction of sp³-hybridized carbons (Fsp3) is 0.300. The van der Waals surface area contributed by atoms with Gasteiger partial charge in [-0.1, -0.05) is 38.1 Å². The Bertz CT molecular complexity index is 707. The SMILES string of the molecule is CC[C@H](C)c1ccc(OCC(=O)Nc2cccc(C(C)=O)c2)cc1. The third kappa shape index (κ3) is 4.95. The Labute approximate surface area is 142 Å². The maximum atomic E-state index is 12.0. The van der Waals surface area contributed by atoms with Crippen LogP contribution in [0.5, 0.6) is 5.75 Å². The normalized spacial score (nSPS) is 11.6. The fourth-order valence-corrected chi connectivity index (χ4v) is 2.29. The molecule has 2 aromatic carbocycles. The Morgan fingerprint density at radius 3 is 2.46 bits per heavy atom. The Hall–Kier alpha value is -2.62. The molecule has 1 amide bonds. The molecule has 4 heteroatoms. The van der Waals surface area contributed by atoms with Crippen molar-refractivity contribution >= 4 is 17.4 Å². The average molecular weight is 325 g/mol. The number of Topliss-reactive ketones (excluding diaryl/α,β-unsaturated/α-hetero) is 1. The van der Waals surface area contributed by atoms with Gasteiger partial charge in [0.15, 0.2) is 12.4 Å². The number of benzene rings is 2. The summed E-state index contributed by atoms with van der Waals surface area (Å²) in [5.74, 6) is 0.871. The standard InChI is InChI=1S/C20H23NO3/c1-4-14(2)16-8-10-19(11-9-16)24-13-20(23)21-18-7-5-6-17(12-18)15(3)22/h5-12,14H,4,13H2,1-3H3,(H,21,23)/t14-/m0/s1. The van der Waals surface area contributed by atoms with E-state index < -0.39 is 0 Å². The van der Waals surface area contributed by atoms with Crippen LogP contribution in [0.4, 0.5) is 5.69 Å². The molecular formula is C20H23NO3. The molecule has 0 aromatic heterocycles. The van der Waals surface area contributed by atoms with E-state index >= 15 is 0 Å². The van der Waals surface area contributed by atoms with E-state index in [1.807, 2.05) is 24.3 Å². The molecule has 0 radical (unpaired) electrons. The number of hydrogen-bond acceptors (Lipinski definition) is 3. The topological polar surface area (TPSA) is 55.4 Å². The zero-order valence-electron chi connectivity index (χ0n) is 14.3. The molecule has 126 valence electrons. The summed E-state index contributed by atoms with van der Waals surface area (Å²) in [6.45, 7) is 5.75. The predicted molar refractivity (Wildman–Crippen MR) is 95.7 cm³/mol. The summed E-state index contributed by atoms with van der Waals surface area (Å²) >= 11 is 0. The summed E-state index contributed by atoms with van der Waals surface area (Å²) in [5, 5.41) is 2.73. The van der Waals surface area contributed by atoms with Gasteiger partial charge in [0, 0.05) is 11.3 Å². The summed E-state index contributed by atoms with van der Waals surface area (Å²) in [4.78, 5) is 23.3. The molecule has 0 spiro atoms. The van der Waals surface area contributed by atoms with Crippen molar-refractivity contribution in [3.8, 4) is 5.75 Å². The maximum absolute atomic E-state index is 12.0. The molecule has 2 aromatic rings. The molecule has 1 N–H and O–H groups in total. The highest BCUT2D eigenvalue weighted by Gasteiger charge is 2.07. The van der Waals surface area contributed by atoms with Gasteiger partial charge in [0.05, 0.1) is 0 Å². The molecule has 0 unspecified atom stereocenters. The van der Waals surface area contributed by atoms with Crippen LogP contribution in [0, 0.1) is 0 Å². The summed E-state index contributed by atoms with van der Waals surface area (Å²) in [5.41, 5.74) is 2.41. The average Bonchev–Trinajstić information content (AvgIpc) is 2.60. The van der Waals surface area contributed by atoms with E-state index in [-0.39, 0.29) is 18.3 Å². The number of carbonyl (C=O) groups excluding carboxylic acids is 2. The Morgan fingerprint density at radius 1 is 1.12 bits per heavy atom. The van der Waals surface area contributed by atoms with Crippen LogP contribution in [0.1, 0.15) is 49.0 Å². The maximum Gasteiger partial charge on any atom is 0.262 e. The fourth-order valence-electron chi connectivity index (χ4n) is 2.29. The third-order valence-electron chi connectivity index (χ3n) is 3.98. The minimum atomic E-state index is -0.262. The lowest BCUT2D eigenvalue weighted by molar-refractivity contribution is -0.118. The van der Waals surface area contributed by atoms with Crippen LogP contribution in [0.3, 0.4) is 0 Å². The highest BCUT2D eigenvalue weighted by molar-refractivity contribution is 5.97. The van der Waals surface area contributed by atoms with Gasteiger partial charge >= 0.3 is 0 Å². The minimum Gasteiger partial charge on any atom is -0.484 e. The summed E-state index contributed by atoms with van der Waals surface area (Å²) < 4.78 is 5.51. The number of hydrogen-bond donors (Lipinski definition) is 1. The summed E-state index contributed by atoms with van der Waals surface area (Å²) in [6, 6.07) is 14.7. The van der Waals surface area contributed by atoms with Gasteiger partial charge in [0.1, 0.15) is 5.75 Å². The number of ether oxygens (including phenoxy) is 1. The van der Waals surface area contributed by atoms with Crippen molar-refractivity contribution in [1.82, 2.24) is 0 Å². The van der Waals surface area contributed by atoms with Crippen molar-refractivity contribution in [2.45, 2.75) is 33.1 Å². The first-order valence-electron chi connectivity index (χ1n) is 8.13. The van der Waals surface area contributed by atoms with E-state index in [0.29, 0.717) is 22.9 Å². The number of nitrogens with one attached hydrogen (secondary N) is 1. The zero-order valence-corrected chi connectivity index (χ0v) is 14.3. The van der Waals surface area contributed by atoms with Crippen LogP contribution in [-0.2, 0) is 4.79 Å². The highest BCUT2D eigenvalue weighted by Crippen LogP contribution is 2.21. The molecular weight excluding hydrogens is 302 g/mol. The Morgan fingerprint density at radius 2 is 1.83 bits per heavy atom. The van der Waals surface area contributed by atoms with Crippen LogP contribution < -0.4 is 10.1 Å². The molecule has 0 aliphatic heterocycles. The molecule has 0 fully saturated rings. The molecule has 24 heavy (non-hydrogen) atoms. The number of anilines is 1. The quantitative estimate of drug-likeness (QED) is 0.767. The van der Waals surface area contributed by atoms with E-state index in [1.54, 1.807) is 24.3 Å². The van der Waals surface area contributed by atoms with Gasteiger partial charge in [0.25, 0.3) is 5.91 Å². The third-order valence-corrected chi connectivity index (χ3v) is 3.98. The largest absolute Gasteiger partial charge is 0.484 e. The van der Waals surface area contributed by atoms with Gasteiger partial charge in [-0.3, -0.25) is 9.59 Å². The van der Waals surface area contributed by atoms with Crippen molar-refractivity contribution in [1.29, 1.82) is 0 Å². The summed E-state index contributed by atoms with van der Waals surface area (Å²) in [7, 11) is 0. The van der Waals surface area contributed by atoms with Gasteiger partial charge in [-0.25, -0.2) is 0 Å². The highest BCUT2D eigenvalue weighted by atomic mass is 16.5. The molecule has 4 nitrogen and oxygen atoms in total. The second-order valence-corrected chi connectivity index (χ2v) is 5.85. The van der Waals surface area contributed by atoms with Crippen molar-refractivity contribution in [2.24, 2.45) is 0 Å². The molecule has 0 aliphatic rings. The van der Waals surface area contributed by atoms with E-state index in [9.17, 15) is 9.59 Å². The number of amides is 1. The second kappa shape index (κ2) is 8.29. The molecule has 0 bridgehead atoms. The van der Waals surface area contributed by atoms with Gasteiger partial charge in [0.2, 0.25) is 0 Å². The van der Waals surface area contributed by atoms with Crippen molar-refractivity contribution < 1.29 is 14.3 Å². The van der Waals surface area contributed by atoms with E-state index in [2.05, 4.69) is 19.2 Å². The molecule has 0 aliphatic carbocycles. The van der Waals surface area contributed by atoms with Crippen LogP contribution in [0.2, 0.25) is 0 Å². The van der Waals surface area contributed by atoms with Crippen molar-refractivity contribution in [3.63, 3.8) is 0 Å². The number of ketones is 1. The van der Waals surface area contributed by atoms with Crippen molar-refractivity contribution in [2.75, 3.05) is 11.9 Å². The first kappa shape index (κ1) is 17.7. The molecule has 2 rings (SSSR count). The van der Waals surface area contributed by atoms with Crippen LogP contribution in [-0.4, -0.2) is 18.3 Å². The molecule has 0 heterocycles. The number of rotatable bonds is 7. The molecule has 0 saturated carbocycles. The summed E-state index contributed by atoms with van der Waals surface area (Å²) in [6.07, 6.45) is 1.09. The first-order valence-corrected chi connectivity index (χ1v) is 8.13. The van der Waals surface area contributed by atoms with Gasteiger partial charge in [-0.05, 0) is 49.1 Å². The minimum absolute atomic E-state index is 0.0382. The van der Waals surface area contributed by atoms with Gasteiger partial charge < -0.3 is 10.1 Å². The first-order chi connectivity index (χ1) is 11.5. The predicted octanol–water partition coefficient (Wildman–Crippen LogP) is 4.42. The molecule has 0 saturated heterocycles. The monoisotopic (exact) mass is 325 g/mol. The Balaban J connectivity index is 1.89. The van der Waals surface area contributed by atoms with Crippen molar-refractivity contribution in [3.05, 3.63) is 59.7 Å². The van der Waals surface area contributed by atoms with Crippen LogP contribution in [0.25, 0.3) is 0 Å². The van der Waals surface area contributed by atoms with Crippen LogP contribution in [0.15, 0.2) is 48.5 Å². The van der Waals surface area contributed by atoms with E-state index in [4.69, 9.17) is 4.74 Å². The Kier molecular flexibility index (Phi) is 6.13. The van der Waals surface area contributed by atoms with E-state index in [1.165, 1.54) is 12.5 Å². The molecule has 1 atom stereocenters.